The summed E-state index contributed by atoms with van der Waals surface area (Å²) in [5.74, 6) is -0.191. The number of carbonyl (C=O) groups is 1. The van der Waals surface area contributed by atoms with Crippen LogP contribution < -0.4 is 11.5 Å². The first-order valence-corrected chi connectivity index (χ1v) is 8.90. The van der Waals surface area contributed by atoms with E-state index >= 15 is 0 Å². The fraction of sp³-hybridized carbons (Fsp3) is 0.389. The molecule has 1 atom stereocenters. The third kappa shape index (κ3) is 3.02. The average molecular weight is 374 g/mol. The van der Waals surface area contributed by atoms with Gasteiger partial charge in [0, 0.05) is 42.6 Å². The molecule has 0 saturated carbocycles. The van der Waals surface area contributed by atoms with Crippen molar-refractivity contribution < 1.29 is 9.53 Å². The van der Waals surface area contributed by atoms with Crippen LogP contribution in [0.2, 0.25) is 5.02 Å². The van der Waals surface area contributed by atoms with Crippen LogP contribution in [0.4, 0.5) is 5.95 Å². The van der Waals surface area contributed by atoms with Gasteiger partial charge in [-0.3, -0.25) is 9.69 Å². The number of amides is 1. The molecule has 2 aliphatic heterocycles. The highest BCUT2D eigenvalue weighted by molar-refractivity contribution is 6.30. The molecule has 1 aromatic heterocycles. The number of benzene rings is 1. The maximum Gasteiger partial charge on any atom is 0.251 e. The third-order valence-electron chi connectivity index (χ3n) is 5.19. The lowest BCUT2D eigenvalue weighted by Gasteiger charge is -2.39. The molecule has 1 amide bonds. The second-order valence-electron chi connectivity index (χ2n) is 6.85. The first-order chi connectivity index (χ1) is 12.5. The summed E-state index contributed by atoms with van der Waals surface area (Å²) in [7, 11) is 0. The number of aromatic nitrogens is 2. The molecule has 1 saturated heterocycles. The average Bonchev–Trinajstić information content (AvgIpc) is 2.93. The van der Waals surface area contributed by atoms with Gasteiger partial charge < -0.3 is 16.2 Å². The lowest BCUT2D eigenvalue weighted by molar-refractivity contribution is -0.148. The predicted octanol–water partition coefficient (Wildman–Crippen LogP) is 1.76. The van der Waals surface area contributed by atoms with Gasteiger partial charge in [0.1, 0.15) is 0 Å². The summed E-state index contributed by atoms with van der Waals surface area (Å²) in [6.07, 6.45) is 4.31. The molecule has 0 aliphatic carbocycles. The van der Waals surface area contributed by atoms with Crippen LogP contribution in [0, 0.1) is 0 Å². The number of nitrogens with two attached hydrogens (primary N) is 2. The van der Waals surface area contributed by atoms with E-state index < -0.39 is 17.6 Å². The Kier molecular flexibility index (Phi) is 4.30. The Bertz CT molecular complexity index is 834. The molecule has 1 fully saturated rings. The van der Waals surface area contributed by atoms with Crippen molar-refractivity contribution in [3.63, 3.8) is 0 Å². The zero-order valence-corrected chi connectivity index (χ0v) is 14.9. The van der Waals surface area contributed by atoms with E-state index in [0.717, 1.165) is 49.2 Å². The van der Waals surface area contributed by atoms with Crippen LogP contribution in [-0.4, -0.2) is 33.9 Å². The molecular formula is C18H20ClN5O2. The molecule has 26 heavy (non-hydrogen) atoms. The molecule has 2 aromatic rings. The molecule has 1 aromatic carbocycles. The summed E-state index contributed by atoms with van der Waals surface area (Å²) in [4.78, 5) is 22.2. The third-order valence-corrected chi connectivity index (χ3v) is 5.42. The summed E-state index contributed by atoms with van der Waals surface area (Å²) < 4.78 is 6.19. The Labute approximate surface area is 156 Å². The fourth-order valence-electron chi connectivity index (χ4n) is 3.88. The van der Waals surface area contributed by atoms with E-state index in [1.807, 2.05) is 12.1 Å². The number of piperidine rings is 1. The zero-order valence-electron chi connectivity index (χ0n) is 14.2. The Morgan fingerprint density at radius 1 is 1.31 bits per heavy atom. The topological polar surface area (TPSA) is 107 Å². The number of rotatable bonds is 3. The molecule has 0 bridgehead atoms. The number of primary amides is 1. The van der Waals surface area contributed by atoms with E-state index in [-0.39, 0.29) is 5.95 Å². The van der Waals surface area contributed by atoms with Gasteiger partial charge in [-0.2, -0.15) is 0 Å². The largest absolute Gasteiger partial charge is 0.368 e. The minimum absolute atomic E-state index is 0.275. The van der Waals surface area contributed by atoms with Crippen LogP contribution in [0.5, 0.6) is 0 Å². The number of anilines is 1. The van der Waals surface area contributed by atoms with Crippen LogP contribution in [0.15, 0.2) is 30.6 Å². The summed E-state index contributed by atoms with van der Waals surface area (Å²) in [6.45, 7) is 2.39. The number of carbonyl (C=O) groups excluding carboxylic acids is 1. The smallest absolute Gasteiger partial charge is 0.251 e. The monoisotopic (exact) mass is 373 g/mol. The van der Waals surface area contributed by atoms with E-state index in [2.05, 4.69) is 14.9 Å². The van der Waals surface area contributed by atoms with Gasteiger partial charge in [-0.15, -0.1) is 0 Å². The van der Waals surface area contributed by atoms with Crippen LogP contribution in [0.3, 0.4) is 0 Å². The number of halogens is 1. The number of hydrogen-bond acceptors (Lipinski definition) is 6. The Morgan fingerprint density at radius 2 is 2.00 bits per heavy atom. The Hall–Kier alpha value is -2.22. The molecule has 2 aliphatic rings. The second kappa shape index (κ2) is 6.50. The summed E-state index contributed by atoms with van der Waals surface area (Å²) in [5, 5.41) is 0.637. The highest BCUT2D eigenvalue weighted by atomic mass is 35.5. The molecule has 0 radical (unpaired) electrons. The van der Waals surface area contributed by atoms with Gasteiger partial charge in [0.25, 0.3) is 5.91 Å². The maximum atomic E-state index is 11.8. The number of ether oxygens (including phenoxy) is 1. The molecule has 7 nitrogen and oxygen atoms in total. The Morgan fingerprint density at radius 3 is 2.65 bits per heavy atom. The molecule has 4 N–H and O–H groups in total. The SMILES string of the molecule is NC(=O)C1OC2(CCN(Cc3cnc(N)nc3)CC2)c2cc(Cl)ccc21. The fourth-order valence-corrected chi connectivity index (χ4v) is 4.05. The van der Waals surface area contributed by atoms with Gasteiger partial charge in [-0.1, -0.05) is 17.7 Å². The van der Waals surface area contributed by atoms with Crippen LogP contribution in [0.25, 0.3) is 0 Å². The highest BCUT2D eigenvalue weighted by Crippen LogP contribution is 2.50. The van der Waals surface area contributed by atoms with Crippen LogP contribution in [0.1, 0.15) is 35.6 Å². The molecule has 8 heteroatoms. The van der Waals surface area contributed by atoms with Gasteiger partial charge in [-0.25, -0.2) is 9.97 Å². The van der Waals surface area contributed by atoms with Crippen molar-refractivity contribution in [1.82, 2.24) is 14.9 Å². The first kappa shape index (κ1) is 17.2. The standard InChI is InChI=1S/C18H20ClN5O2/c19-12-1-2-13-14(7-12)18(26-15(13)16(20)25)3-5-24(6-4-18)10-11-8-22-17(21)23-9-11/h1-2,7-9,15H,3-6,10H2,(H2,20,25)(H2,21,22,23). The summed E-state index contributed by atoms with van der Waals surface area (Å²) in [6, 6.07) is 5.53. The quantitative estimate of drug-likeness (QED) is 0.848. The summed E-state index contributed by atoms with van der Waals surface area (Å²) >= 11 is 6.20. The van der Waals surface area contributed by atoms with Gasteiger partial charge in [0.2, 0.25) is 5.95 Å². The number of hydrogen-bond donors (Lipinski definition) is 2. The van der Waals surface area contributed by atoms with Gasteiger partial charge in [-0.05, 0) is 36.1 Å². The highest BCUT2D eigenvalue weighted by Gasteiger charge is 2.48. The van der Waals surface area contributed by atoms with E-state index in [4.69, 9.17) is 27.8 Å². The van der Waals surface area contributed by atoms with Crippen molar-refractivity contribution in [2.75, 3.05) is 18.8 Å². The molecule has 136 valence electrons. The van der Waals surface area contributed by atoms with Crippen LogP contribution >= 0.6 is 11.6 Å². The predicted molar refractivity (Wildman–Crippen MR) is 97.1 cm³/mol. The van der Waals surface area contributed by atoms with Crippen molar-refractivity contribution in [3.8, 4) is 0 Å². The minimum atomic E-state index is -0.709. The lowest BCUT2D eigenvalue weighted by Crippen LogP contribution is -2.42. The lowest BCUT2D eigenvalue weighted by atomic mass is 9.83. The first-order valence-electron chi connectivity index (χ1n) is 8.53. The van der Waals surface area contributed by atoms with E-state index in [1.54, 1.807) is 18.5 Å². The van der Waals surface area contributed by atoms with Crippen molar-refractivity contribution >= 4 is 23.5 Å². The van der Waals surface area contributed by atoms with Crippen molar-refractivity contribution in [2.24, 2.45) is 5.73 Å². The van der Waals surface area contributed by atoms with E-state index in [9.17, 15) is 4.79 Å². The number of likely N-dealkylation sites (tertiary alicyclic amines) is 1. The maximum absolute atomic E-state index is 11.8. The number of fused-ring (bicyclic) bond motifs is 2. The molecule has 4 rings (SSSR count). The molecule has 1 spiro atoms. The van der Waals surface area contributed by atoms with Gasteiger partial charge in [0.15, 0.2) is 6.10 Å². The molecule has 1 unspecified atom stereocenters. The van der Waals surface area contributed by atoms with E-state index in [0.29, 0.717) is 5.02 Å². The number of nitrogens with zero attached hydrogens (tertiary/aromatic N) is 3. The second-order valence-corrected chi connectivity index (χ2v) is 7.29. The van der Waals surface area contributed by atoms with Gasteiger partial charge in [0.05, 0.1) is 5.60 Å². The number of nitrogen functional groups attached to an aromatic ring is 1. The van der Waals surface area contributed by atoms with Crippen molar-refractivity contribution in [1.29, 1.82) is 0 Å². The Balaban J connectivity index is 1.52. The zero-order chi connectivity index (χ0) is 18.3. The molecule has 3 heterocycles. The summed E-state index contributed by atoms with van der Waals surface area (Å²) in [5.41, 5.74) is 13.4. The van der Waals surface area contributed by atoms with Crippen LogP contribution in [-0.2, 0) is 21.7 Å². The minimum Gasteiger partial charge on any atom is -0.368 e. The molecular weight excluding hydrogens is 354 g/mol. The van der Waals surface area contributed by atoms with Crippen molar-refractivity contribution in [3.05, 3.63) is 52.3 Å². The van der Waals surface area contributed by atoms with Crippen molar-refractivity contribution in [2.45, 2.75) is 31.1 Å². The van der Waals surface area contributed by atoms with E-state index in [1.165, 1.54) is 0 Å². The normalized spacial score (nSPS) is 21.7. The van der Waals surface area contributed by atoms with Gasteiger partial charge >= 0.3 is 0 Å².